The molecule has 1 N–H and O–H groups in total. The van der Waals surface area contributed by atoms with Gasteiger partial charge < -0.3 is 14.8 Å². The number of esters is 1. The highest BCUT2D eigenvalue weighted by Crippen LogP contribution is 2.66. The van der Waals surface area contributed by atoms with E-state index in [0.29, 0.717) is 12.8 Å². The Bertz CT molecular complexity index is 796. The van der Waals surface area contributed by atoms with E-state index in [0.717, 1.165) is 17.7 Å². The predicted octanol–water partition coefficient (Wildman–Crippen LogP) is 2.83. The molecular weight excluding hydrogens is 426 g/mol. The largest absolute Gasteiger partial charge is 0.467 e. The van der Waals surface area contributed by atoms with Crippen LogP contribution in [-0.2, 0) is 23.9 Å². The summed E-state index contributed by atoms with van der Waals surface area (Å²) in [6, 6.07) is -2.30. The number of nitrogens with zero attached hydrogens (tertiary/aromatic N) is 1. The van der Waals surface area contributed by atoms with Gasteiger partial charge in [-0.15, -0.1) is 0 Å². The van der Waals surface area contributed by atoms with Gasteiger partial charge in [-0.05, 0) is 46.5 Å². The number of Topliss-reactive ketones (excluding diaryl/α,β-unsaturated/α-hetero) is 1. The van der Waals surface area contributed by atoms with Gasteiger partial charge in [0.25, 0.3) is 5.92 Å². The van der Waals surface area contributed by atoms with Crippen LogP contribution in [0.4, 0.5) is 13.6 Å². The number of likely N-dealkylation sites (tertiary alicyclic amines) is 1. The van der Waals surface area contributed by atoms with Crippen molar-refractivity contribution in [1.29, 1.82) is 0 Å². The predicted molar refractivity (Wildman–Crippen MR) is 109 cm³/mol. The van der Waals surface area contributed by atoms with Crippen LogP contribution in [0.2, 0.25) is 0 Å². The number of amides is 2. The van der Waals surface area contributed by atoms with Crippen LogP contribution in [0.3, 0.4) is 0 Å². The molecule has 3 rings (SSSR count). The molecular formula is C22H32F2N2O6. The van der Waals surface area contributed by atoms with Crippen LogP contribution in [0.25, 0.3) is 0 Å². The average molecular weight is 459 g/mol. The Morgan fingerprint density at radius 3 is 2.44 bits per heavy atom. The van der Waals surface area contributed by atoms with Gasteiger partial charge in [0.2, 0.25) is 5.91 Å². The number of ketones is 1. The van der Waals surface area contributed by atoms with E-state index in [1.54, 1.807) is 20.8 Å². The van der Waals surface area contributed by atoms with Crippen LogP contribution < -0.4 is 5.32 Å². The second-order valence-corrected chi connectivity index (χ2v) is 10.2. The Balaban J connectivity index is 1.76. The Kier molecular flexibility index (Phi) is 6.55. The van der Waals surface area contributed by atoms with Gasteiger partial charge >= 0.3 is 12.1 Å². The molecule has 1 saturated heterocycles. The Hall–Kier alpha value is -2.26. The topological polar surface area (TPSA) is 102 Å². The molecule has 0 aromatic heterocycles. The first kappa shape index (κ1) is 24.4. The standard InChI is InChI=1S/C22H32F2N2O6/c1-20(2,3)32-19(30)26-12-21(11-22(21,23)24)10-15(26)17(28)25-14(18(29)31-4)9-13-7-5-6-8-16(13)27/h13-15H,5-12H2,1-4H3,(H,25,28)/t13-,14-,15-,21-/m0/s1. The lowest BCUT2D eigenvalue weighted by Gasteiger charge is -2.29. The number of rotatable bonds is 5. The molecule has 0 aromatic rings. The fraction of sp³-hybridized carbons (Fsp3) is 0.818. The van der Waals surface area contributed by atoms with Crippen LogP contribution in [0.15, 0.2) is 0 Å². The minimum absolute atomic E-state index is 0.0345. The van der Waals surface area contributed by atoms with Gasteiger partial charge in [-0.25, -0.2) is 18.4 Å². The van der Waals surface area contributed by atoms with E-state index < -0.39 is 53.4 Å². The monoisotopic (exact) mass is 458 g/mol. The van der Waals surface area contributed by atoms with Crippen LogP contribution >= 0.6 is 0 Å². The van der Waals surface area contributed by atoms with Gasteiger partial charge in [-0.2, -0.15) is 0 Å². The molecule has 180 valence electrons. The molecule has 1 spiro atoms. The molecule has 2 aliphatic carbocycles. The lowest BCUT2D eigenvalue weighted by atomic mass is 9.83. The summed E-state index contributed by atoms with van der Waals surface area (Å²) < 4.78 is 38.3. The van der Waals surface area contributed by atoms with Crippen LogP contribution in [0.5, 0.6) is 0 Å². The Labute approximate surface area is 186 Å². The lowest BCUT2D eigenvalue weighted by Crippen LogP contribution is -2.52. The fourth-order valence-electron chi connectivity index (χ4n) is 4.71. The number of hydrogen-bond donors (Lipinski definition) is 1. The number of alkyl halides is 2. The summed E-state index contributed by atoms with van der Waals surface area (Å²) >= 11 is 0. The SMILES string of the molecule is COC(=O)[C@H](C[C@@H]1CCCCC1=O)NC(=O)[C@@H]1C[C@@]2(CN1C(=O)OC(C)(C)C)CC2(F)F. The fourth-order valence-corrected chi connectivity index (χ4v) is 4.71. The quantitative estimate of drug-likeness (QED) is 0.636. The average Bonchev–Trinajstić information content (AvgIpc) is 3.02. The zero-order chi connectivity index (χ0) is 23.9. The molecule has 4 atom stereocenters. The molecule has 2 amide bonds. The minimum Gasteiger partial charge on any atom is -0.467 e. The number of nitrogens with one attached hydrogen (secondary N) is 1. The van der Waals surface area contributed by atoms with E-state index in [9.17, 15) is 28.0 Å². The van der Waals surface area contributed by atoms with E-state index in [2.05, 4.69) is 5.32 Å². The van der Waals surface area contributed by atoms with Gasteiger partial charge in [-0.3, -0.25) is 14.5 Å². The number of carbonyl (C=O) groups excluding carboxylic acids is 4. The lowest BCUT2D eigenvalue weighted by molar-refractivity contribution is -0.146. The highest BCUT2D eigenvalue weighted by atomic mass is 19.3. The molecule has 0 bridgehead atoms. The molecule has 32 heavy (non-hydrogen) atoms. The van der Waals surface area contributed by atoms with Crippen molar-refractivity contribution in [2.24, 2.45) is 11.3 Å². The molecule has 3 fully saturated rings. The molecule has 8 nitrogen and oxygen atoms in total. The van der Waals surface area contributed by atoms with Crippen molar-refractivity contribution in [3.05, 3.63) is 0 Å². The number of carbonyl (C=O) groups is 4. The zero-order valence-electron chi connectivity index (χ0n) is 19.0. The first-order chi connectivity index (χ1) is 14.8. The summed E-state index contributed by atoms with van der Waals surface area (Å²) in [6.45, 7) is 4.64. The van der Waals surface area contributed by atoms with Crippen molar-refractivity contribution >= 4 is 23.8 Å². The molecule has 0 aromatic carbocycles. The van der Waals surface area contributed by atoms with Crippen molar-refractivity contribution in [3.8, 4) is 0 Å². The Morgan fingerprint density at radius 2 is 1.91 bits per heavy atom. The molecule has 2 saturated carbocycles. The van der Waals surface area contributed by atoms with Crippen molar-refractivity contribution in [2.45, 2.75) is 89.3 Å². The first-order valence-electron chi connectivity index (χ1n) is 11.1. The van der Waals surface area contributed by atoms with Crippen LogP contribution in [0.1, 0.15) is 65.7 Å². The third-order valence-corrected chi connectivity index (χ3v) is 6.58. The summed E-state index contributed by atoms with van der Waals surface area (Å²) in [5.41, 5.74) is -2.32. The number of halogens is 2. The highest BCUT2D eigenvalue weighted by molar-refractivity contribution is 5.91. The van der Waals surface area contributed by atoms with Crippen molar-refractivity contribution in [1.82, 2.24) is 10.2 Å². The third-order valence-electron chi connectivity index (χ3n) is 6.58. The van der Waals surface area contributed by atoms with E-state index in [1.165, 1.54) is 7.11 Å². The third kappa shape index (κ3) is 5.04. The van der Waals surface area contributed by atoms with Gasteiger partial charge in [0.15, 0.2) is 0 Å². The smallest absolute Gasteiger partial charge is 0.410 e. The van der Waals surface area contributed by atoms with Gasteiger partial charge in [0.05, 0.1) is 12.5 Å². The Morgan fingerprint density at radius 1 is 1.25 bits per heavy atom. The van der Waals surface area contributed by atoms with E-state index in [1.807, 2.05) is 0 Å². The van der Waals surface area contributed by atoms with Crippen molar-refractivity contribution < 1.29 is 37.4 Å². The summed E-state index contributed by atoms with van der Waals surface area (Å²) in [5, 5.41) is 2.56. The van der Waals surface area contributed by atoms with E-state index >= 15 is 0 Å². The van der Waals surface area contributed by atoms with Crippen LogP contribution in [0, 0.1) is 11.3 Å². The summed E-state index contributed by atoms with van der Waals surface area (Å²) in [6.07, 6.45) is 1.30. The van der Waals surface area contributed by atoms with Gasteiger partial charge in [0.1, 0.15) is 23.5 Å². The van der Waals surface area contributed by atoms with E-state index in [-0.39, 0.29) is 31.1 Å². The second-order valence-electron chi connectivity index (χ2n) is 10.2. The number of hydrogen-bond acceptors (Lipinski definition) is 6. The molecule has 0 radical (unpaired) electrons. The van der Waals surface area contributed by atoms with Gasteiger partial charge in [-0.1, -0.05) is 6.42 Å². The molecule has 0 unspecified atom stereocenters. The first-order valence-corrected chi connectivity index (χ1v) is 11.1. The van der Waals surface area contributed by atoms with Crippen LogP contribution in [-0.4, -0.2) is 65.9 Å². The zero-order valence-corrected chi connectivity index (χ0v) is 19.0. The molecule has 10 heteroatoms. The van der Waals surface area contributed by atoms with Gasteiger partial charge in [0, 0.05) is 25.3 Å². The summed E-state index contributed by atoms with van der Waals surface area (Å²) in [4.78, 5) is 51.3. The maximum Gasteiger partial charge on any atom is 0.410 e. The summed E-state index contributed by atoms with van der Waals surface area (Å²) in [7, 11) is 1.17. The molecule has 1 heterocycles. The normalized spacial score (nSPS) is 30.1. The molecule has 1 aliphatic heterocycles. The van der Waals surface area contributed by atoms with Crippen molar-refractivity contribution in [2.75, 3.05) is 13.7 Å². The molecule has 3 aliphatic rings. The number of ether oxygens (including phenoxy) is 2. The summed E-state index contributed by atoms with van der Waals surface area (Å²) in [5.74, 6) is -4.75. The highest BCUT2D eigenvalue weighted by Gasteiger charge is 2.75. The minimum atomic E-state index is -2.96. The van der Waals surface area contributed by atoms with Crippen molar-refractivity contribution in [3.63, 3.8) is 0 Å². The number of methoxy groups -OCH3 is 1. The van der Waals surface area contributed by atoms with E-state index in [4.69, 9.17) is 9.47 Å². The second kappa shape index (κ2) is 8.59. The maximum atomic E-state index is 14.1. The maximum absolute atomic E-state index is 14.1.